The van der Waals surface area contributed by atoms with Gasteiger partial charge in [0, 0.05) is 36.9 Å². The summed E-state index contributed by atoms with van der Waals surface area (Å²) in [4.78, 5) is 13.7. The Kier molecular flexibility index (Phi) is 4.49. The minimum Gasteiger partial charge on any atom is -0.377 e. The predicted octanol–water partition coefficient (Wildman–Crippen LogP) is 2.07. The Hall–Kier alpha value is -1.27. The SMILES string of the molecule is CC1CC1CNC(=O)c1ccc(N(C)C)c(S(=O)(=O)Cl)c1. The van der Waals surface area contributed by atoms with Crippen LogP contribution in [0.5, 0.6) is 0 Å². The number of benzene rings is 1. The molecule has 1 saturated carbocycles. The van der Waals surface area contributed by atoms with E-state index in [1.807, 2.05) is 0 Å². The molecular weight excluding hydrogens is 312 g/mol. The van der Waals surface area contributed by atoms with Gasteiger partial charge in [-0.1, -0.05) is 6.92 Å². The van der Waals surface area contributed by atoms with Gasteiger partial charge in [0.2, 0.25) is 0 Å². The van der Waals surface area contributed by atoms with Crippen LogP contribution in [0.2, 0.25) is 0 Å². The van der Waals surface area contributed by atoms with Crippen molar-refractivity contribution in [2.75, 3.05) is 25.5 Å². The van der Waals surface area contributed by atoms with Gasteiger partial charge in [0.25, 0.3) is 15.0 Å². The number of anilines is 1. The molecular formula is C14H19ClN2O3S. The molecule has 0 heterocycles. The van der Waals surface area contributed by atoms with E-state index in [1.54, 1.807) is 31.1 Å². The van der Waals surface area contributed by atoms with E-state index in [1.165, 1.54) is 6.07 Å². The molecule has 0 bridgehead atoms. The second kappa shape index (κ2) is 5.85. The van der Waals surface area contributed by atoms with Crippen molar-refractivity contribution >= 4 is 31.3 Å². The lowest BCUT2D eigenvalue weighted by molar-refractivity contribution is 0.0951. The van der Waals surface area contributed by atoms with Crippen molar-refractivity contribution in [2.24, 2.45) is 11.8 Å². The summed E-state index contributed by atoms with van der Waals surface area (Å²) in [6.45, 7) is 2.76. The molecule has 2 rings (SSSR count). The van der Waals surface area contributed by atoms with Gasteiger partial charge < -0.3 is 10.2 Å². The molecule has 2 atom stereocenters. The van der Waals surface area contributed by atoms with Crippen molar-refractivity contribution in [3.63, 3.8) is 0 Å². The first-order valence-corrected chi connectivity index (χ1v) is 9.05. The number of nitrogens with one attached hydrogen (secondary N) is 1. The third kappa shape index (κ3) is 3.89. The zero-order chi connectivity index (χ0) is 15.8. The second-order valence-electron chi connectivity index (χ2n) is 5.70. The van der Waals surface area contributed by atoms with Gasteiger partial charge in [0.1, 0.15) is 4.90 Å². The smallest absolute Gasteiger partial charge is 0.263 e. The van der Waals surface area contributed by atoms with Crippen LogP contribution in [0.4, 0.5) is 5.69 Å². The highest BCUT2D eigenvalue weighted by molar-refractivity contribution is 8.13. The van der Waals surface area contributed by atoms with Crippen LogP contribution in [0.15, 0.2) is 23.1 Å². The summed E-state index contributed by atoms with van der Waals surface area (Å²) in [6, 6.07) is 4.51. The van der Waals surface area contributed by atoms with E-state index in [-0.39, 0.29) is 10.8 Å². The molecule has 1 aromatic rings. The topological polar surface area (TPSA) is 66.5 Å². The molecule has 0 aliphatic heterocycles. The number of carbonyl (C=O) groups is 1. The average Bonchev–Trinajstić information content (AvgIpc) is 3.10. The molecule has 0 spiro atoms. The average molecular weight is 331 g/mol. The molecule has 1 fully saturated rings. The van der Waals surface area contributed by atoms with Crippen molar-refractivity contribution in [2.45, 2.75) is 18.2 Å². The van der Waals surface area contributed by atoms with Crippen LogP contribution >= 0.6 is 10.7 Å². The normalized spacial score (nSPS) is 21.0. The Balaban J connectivity index is 2.22. The van der Waals surface area contributed by atoms with Crippen molar-refractivity contribution in [1.82, 2.24) is 5.32 Å². The maximum absolute atomic E-state index is 12.1. The molecule has 0 saturated heterocycles. The third-order valence-corrected chi connectivity index (χ3v) is 5.12. The van der Waals surface area contributed by atoms with Crippen LogP contribution in [-0.4, -0.2) is 35.0 Å². The molecule has 116 valence electrons. The van der Waals surface area contributed by atoms with Crippen molar-refractivity contribution < 1.29 is 13.2 Å². The van der Waals surface area contributed by atoms with E-state index in [0.29, 0.717) is 29.6 Å². The van der Waals surface area contributed by atoms with Gasteiger partial charge in [-0.05, 0) is 36.5 Å². The summed E-state index contributed by atoms with van der Waals surface area (Å²) >= 11 is 0. The summed E-state index contributed by atoms with van der Waals surface area (Å²) in [6.07, 6.45) is 1.13. The van der Waals surface area contributed by atoms with Crippen LogP contribution < -0.4 is 10.2 Å². The van der Waals surface area contributed by atoms with Gasteiger partial charge >= 0.3 is 0 Å². The van der Waals surface area contributed by atoms with Crippen molar-refractivity contribution in [1.29, 1.82) is 0 Å². The van der Waals surface area contributed by atoms with Crippen LogP contribution in [-0.2, 0) is 9.05 Å². The molecule has 1 aliphatic rings. The highest BCUT2D eigenvalue weighted by Crippen LogP contribution is 2.36. The molecule has 21 heavy (non-hydrogen) atoms. The fourth-order valence-corrected chi connectivity index (χ4v) is 3.37. The number of halogens is 1. The maximum Gasteiger partial charge on any atom is 0.263 e. The van der Waals surface area contributed by atoms with Crippen molar-refractivity contribution in [3.8, 4) is 0 Å². The van der Waals surface area contributed by atoms with E-state index in [9.17, 15) is 13.2 Å². The number of hydrogen-bond donors (Lipinski definition) is 1. The van der Waals surface area contributed by atoms with Gasteiger partial charge in [0.15, 0.2) is 0 Å². The van der Waals surface area contributed by atoms with Crippen LogP contribution in [0.3, 0.4) is 0 Å². The highest BCUT2D eigenvalue weighted by Gasteiger charge is 2.32. The van der Waals surface area contributed by atoms with Crippen LogP contribution in [0, 0.1) is 11.8 Å². The lowest BCUT2D eigenvalue weighted by Crippen LogP contribution is -2.26. The molecule has 1 amide bonds. The number of rotatable bonds is 5. The number of carbonyl (C=O) groups excluding carboxylic acids is 1. The van der Waals surface area contributed by atoms with E-state index in [2.05, 4.69) is 12.2 Å². The van der Waals surface area contributed by atoms with Crippen LogP contribution in [0.1, 0.15) is 23.7 Å². The van der Waals surface area contributed by atoms with Gasteiger partial charge in [-0.15, -0.1) is 0 Å². The molecule has 0 radical (unpaired) electrons. The first-order valence-electron chi connectivity index (χ1n) is 6.74. The minimum absolute atomic E-state index is 0.0541. The first kappa shape index (κ1) is 16.1. The van der Waals surface area contributed by atoms with E-state index < -0.39 is 9.05 Å². The van der Waals surface area contributed by atoms with Gasteiger partial charge in [0.05, 0.1) is 5.69 Å². The first-order chi connectivity index (χ1) is 9.70. The third-order valence-electron chi connectivity index (χ3n) is 3.77. The second-order valence-corrected chi connectivity index (χ2v) is 8.23. The number of amides is 1. The van der Waals surface area contributed by atoms with Crippen LogP contribution in [0.25, 0.3) is 0 Å². The predicted molar refractivity (Wildman–Crippen MR) is 83.4 cm³/mol. The molecule has 7 heteroatoms. The summed E-state index contributed by atoms with van der Waals surface area (Å²) in [5.41, 5.74) is 0.755. The largest absolute Gasteiger partial charge is 0.377 e. The molecule has 2 unspecified atom stereocenters. The van der Waals surface area contributed by atoms with Gasteiger partial charge in [-0.25, -0.2) is 8.42 Å². The monoisotopic (exact) mass is 330 g/mol. The fraction of sp³-hybridized carbons (Fsp3) is 0.500. The Bertz CT molecular complexity index is 658. The summed E-state index contributed by atoms with van der Waals surface area (Å²) in [5, 5.41) is 2.83. The van der Waals surface area contributed by atoms with Gasteiger partial charge in [-0.3, -0.25) is 4.79 Å². The van der Waals surface area contributed by atoms with E-state index in [0.717, 1.165) is 6.42 Å². The Morgan fingerprint density at radius 1 is 1.43 bits per heavy atom. The zero-order valence-electron chi connectivity index (χ0n) is 12.3. The standard InChI is InChI=1S/C14H19ClN2O3S/c1-9-6-11(9)8-16-14(18)10-4-5-12(17(2)3)13(7-10)21(15,19)20/h4-5,7,9,11H,6,8H2,1-3H3,(H,16,18). The zero-order valence-corrected chi connectivity index (χ0v) is 13.8. The molecule has 5 nitrogen and oxygen atoms in total. The molecule has 1 N–H and O–H groups in total. The Morgan fingerprint density at radius 3 is 2.52 bits per heavy atom. The Morgan fingerprint density at radius 2 is 2.05 bits per heavy atom. The van der Waals surface area contributed by atoms with Gasteiger partial charge in [-0.2, -0.15) is 0 Å². The highest BCUT2D eigenvalue weighted by atomic mass is 35.7. The van der Waals surface area contributed by atoms with Crippen molar-refractivity contribution in [3.05, 3.63) is 23.8 Å². The molecule has 1 aliphatic carbocycles. The summed E-state index contributed by atoms with van der Waals surface area (Å²) in [7, 11) is 4.98. The van der Waals surface area contributed by atoms with E-state index in [4.69, 9.17) is 10.7 Å². The fourth-order valence-electron chi connectivity index (χ4n) is 2.23. The molecule has 0 aromatic heterocycles. The number of hydrogen-bond acceptors (Lipinski definition) is 4. The quantitative estimate of drug-likeness (QED) is 0.839. The minimum atomic E-state index is -3.91. The molecule has 1 aromatic carbocycles. The lowest BCUT2D eigenvalue weighted by atomic mass is 10.2. The summed E-state index contributed by atoms with van der Waals surface area (Å²) < 4.78 is 23.3. The van der Waals surface area contributed by atoms with E-state index >= 15 is 0 Å². The lowest BCUT2D eigenvalue weighted by Gasteiger charge is -2.16. The maximum atomic E-state index is 12.1. The number of nitrogens with zero attached hydrogens (tertiary/aromatic N) is 1. The Labute approximate surface area is 129 Å². The summed E-state index contributed by atoms with van der Waals surface area (Å²) in [5.74, 6) is 0.910.